The molecule has 1 aliphatic carbocycles. The monoisotopic (exact) mass is 346 g/mol. The van der Waals surface area contributed by atoms with E-state index in [-0.39, 0.29) is 18.1 Å². The molecule has 0 bridgehead atoms. The minimum atomic E-state index is -0.767. The summed E-state index contributed by atoms with van der Waals surface area (Å²) in [4.78, 5) is 25.9. The van der Waals surface area contributed by atoms with E-state index in [0.29, 0.717) is 25.2 Å². The average molecular weight is 346 g/mol. The highest BCUT2D eigenvalue weighted by Gasteiger charge is 2.55. The first-order valence-corrected chi connectivity index (χ1v) is 9.00. The fourth-order valence-corrected chi connectivity index (χ4v) is 3.93. The van der Waals surface area contributed by atoms with E-state index in [1.165, 1.54) is 0 Å². The number of nitrogens with zero attached hydrogens (tertiary/aromatic N) is 1. The van der Waals surface area contributed by atoms with Crippen LogP contribution in [0.15, 0.2) is 24.3 Å². The van der Waals surface area contributed by atoms with Crippen molar-refractivity contribution >= 4 is 17.7 Å². The maximum absolute atomic E-state index is 12.5. The van der Waals surface area contributed by atoms with Crippen LogP contribution in [-0.2, 0) is 4.79 Å². The van der Waals surface area contributed by atoms with Crippen LogP contribution in [0.4, 0.5) is 10.5 Å². The zero-order chi connectivity index (χ0) is 18.0. The Balaban J connectivity index is 1.61. The Morgan fingerprint density at radius 3 is 2.72 bits per heavy atom. The Labute approximate surface area is 148 Å². The van der Waals surface area contributed by atoms with Crippen LogP contribution in [0.5, 0.6) is 5.75 Å². The number of carboxylic acid groups (broad SMARTS) is 1. The number of likely N-dealkylation sites (tertiary alicyclic amines) is 1. The highest BCUT2D eigenvalue weighted by Crippen LogP contribution is 2.48. The maximum Gasteiger partial charge on any atom is 0.321 e. The van der Waals surface area contributed by atoms with Gasteiger partial charge in [-0.25, -0.2) is 4.79 Å². The molecule has 1 heterocycles. The highest BCUT2D eigenvalue weighted by molar-refractivity contribution is 5.90. The van der Waals surface area contributed by atoms with Crippen LogP contribution >= 0.6 is 0 Å². The predicted octanol–water partition coefficient (Wildman–Crippen LogP) is 3.58. The molecule has 1 saturated carbocycles. The number of aliphatic carboxylic acids is 1. The molecule has 1 aromatic rings. The molecule has 3 atom stereocenters. The Kier molecular flexibility index (Phi) is 4.88. The number of carboxylic acids is 1. The lowest BCUT2D eigenvalue weighted by Gasteiger charge is -2.23. The first-order chi connectivity index (χ1) is 11.9. The topological polar surface area (TPSA) is 78.9 Å². The summed E-state index contributed by atoms with van der Waals surface area (Å²) < 4.78 is 5.72. The molecule has 1 aliphatic heterocycles. The molecule has 0 radical (unpaired) electrons. The second-order valence-corrected chi connectivity index (χ2v) is 7.22. The van der Waals surface area contributed by atoms with Crippen LogP contribution < -0.4 is 10.1 Å². The van der Waals surface area contributed by atoms with Gasteiger partial charge in [0.2, 0.25) is 0 Å². The number of hydrogen-bond donors (Lipinski definition) is 2. The molecule has 1 unspecified atom stereocenters. The summed E-state index contributed by atoms with van der Waals surface area (Å²) in [6.07, 6.45) is 3.57. The first-order valence-electron chi connectivity index (χ1n) is 9.00. The van der Waals surface area contributed by atoms with E-state index in [9.17, 15) is 14.7 Å². The summed E-state index contributed by atoms with van der Waals surface area (Å²) in [5.74, 6) is 0.0757. The Hall–Kier alpha value is -2.24. The zero-order valence-electron chi connectivity index (χ0n) is 14.8. The standard InChI is InChI=1S/C19H26N2O4/c1-3-13(2)25-16-8-6-15(7-9-16)20-18(24)21-11-14-5-4-10-19(14,12-21)17(22)23/h6-9,13-14H,3-5,10-12H2,1-2H3,(H,20,24)(H,22,23)/t13?,14-,19+/m0/s1. The van der Waals surface area contributed by atoms with Gasteiger partial charge in [-0.1, -0.05) is 13.3 Å². The summed E-state index contributed by atoms with van der Waals surface area (Å²) in [5, 5.41) is 12.5. The molecule has 2 amide bonds. The van der Waals surface area contributed by atoms with Crippen molar-refractivity contribution in [3.8, 4) is 5.75 Å². The maximum atomic E-state index is 12.5. The van der Waals surface area contributed by atoms with Crippen molar-refractivity contribution in [2.45, 2.75) is 45.6 Å². The molecule has 0 spiro atoms. The van der Waals surface area contributed by atoms with Gasteiger partial charge < -0.3 is 20.1 Å². The molecule has 2 aliphatic rings. The Morgan fingerprint density at radius 2 is 2.12 bits per heavy atom. The number of anilines is 1. The second kappa shape index (κ2) is 6.94. The number of amides is 2. The summed E-state index contributed by atoms with van der Waals surface area (Å²) in [6.45, 7) is 4.90. The van der Waals surface area contributed by atoms with Crippen LogP contribution in [0.2, 0.25) is 0 Å². The van der Waals surface area contributed by atoms with Gasteiger partial charge in [-0.3, -0.25) is 4.79 Å². The summed E-state index contributed by atoms with van der Waals surface area (Å²) >= 11 is 0. The van der Waals surface area contributed by atoms with Gasteiger partial charge in [0.05, 0.1) is 11.5 Å². The third-order valence-electron chi connectivity index (χ3n) is 5.60. The minimum absolute atomic E-state index is 0.0713. The normalized spacial score (nSPS) is 26.2. The van der Waals surface area contributed by atoms with Gasteiger partial charge in [0.25, 0.3) is 0 Å². The van der Waals surface area contributed by atoms with E-state index < -0.39 is 11.4 Å². The third-order valence-corrected chi connectivity index (χ3v) is 5.60. The molecular formula is C19H26N2O4. The van der Waals surface area contributed by atoms with Gasteiger partial charge >= 0.3 is 12.0 Å². The van der Waals surface area contributed by atoms with Crippen LogP contribution in [0.3, 0.4) is 0 Å². The smallest absolute Gasteiger partial charge is 0.321 e. The number of ether oxygens (including phenoxy) is 1. The molecule has 6 heteroatoms. The van der Waals surface area contributed by atoms with Crippen molar-refractivity contribution in [1.29, 1.82) is 0 Å². The van der Waals surface area contributed by atoms with Crippen molar-refractivity contribution in [3.63, 3.8) is 0 Å². The van der Waals surface area contributed by atoms with Crippen molar-refractivity contribution in [1.82, 2.24) is 4.90 Å². The zero-order valence-corrected chi connectivity index (χ0v) is 14.8. The molecule has 25 heavy (non-hydrogen) atoms. The summed E-state index contributed by atoms with van der Waals surface area (Å²) in [7, 11) is 0. The number of carbonyl (C=O) groups is 2. The van der Waals surface area contributed by atoms with E-state index in [1.54, 1.807) is 17.0 Å². The van der Waals surface area contributed by atoms with Crippen LogP contribution in [0.25, 0.3) is 0 Å². The van der Waals surface area contributed by atoms with Gasteiger partial charge in [-0.15, -0.1) is 0 Å². The summed E-state index contributed by atoms with van der Waals surface area (Å²) in [5.41, 5.74) is -0.0614. The fourth-order valence-electron chi connectivity index (χ4n) is 3.93. The first kappa shape index (κ1) is 17.6. The van der Waals surface area contributed by atoms with Crippen LogP contribution in [-0.4, -0.2) is 41.2 Å². The largest absolute Gasteiger partial charge is 0.491 e. The number of urea groups is 1. The molecule has 0 aromatic heterocycles. The van der Waals surface area contributed by atoms with E-state index in [0.717, 1.165) is 25.0 Å². The lowest BCUT2D eigenvalue weighted by atomic mass is 9.81. The van der Waals surface area contributed by atoms with Crippen LogP contribution in [0, 0.1) is 11.3 Å². The van der Waals surface area contributed by atoms with Gasteiger partial charge in [0.15, 0.2) is 0 Å². The Morgan fingerprint density at radius 1 is 1.40 bits per heavy atom. The number of hydrogen-bond acceptors (Lipinski definition) is 3. The van der Waals surface area contributed by atoms with E-state index in [4.69, 9.17) is 4.74 Å². The van der Waals surface area contributed by atoms with Gasteiger partial charge in [0.1, 0.15) is 5.75 Å². The molecule has 1 aromatic carbocycles. The van der Waals surface area contributed by atoms with E-state index in [1.807, 2.05) is 19.1 Å². The number of carbonyl (C=O) groups excluding carboxylic acids is 1. The molecule has 2 N–H and O–H groups in total. The van der Waals surface area contributed by atoms with Gasteiger partial charge in [-0.2, -0.15) is 0 Å². The summed E-state index contributed by atoms with van der Waals surface area (Å²) in [6, 6.07) is 7.04. The molecule has 6 nitrogen and oxygen atoms in total. The Bertz CT molecular complexity index is 645. The lowest BCUT2D eigenvalue weighted by molar-refractivity contribution is -0.149. The SMILES string of the molecule is CCC(C)Oc1ccc(NC(=O)N2C[C@@H]3CCC[C@@]3(C(=O)O)C2)cc1. The van der Waals surface area contributed by atoms with Crippen molar-refractivity contribution in [2.24, 2.45) is 11.3 Å². The number of nitrogens with one attached hydrogen (secondary N) is 1. The van der Waals surface area contributed by atoms with Gasteiger partial charge in [-0.05, 0) is 56.4 Å². The number of fused-ring (bicyclic) bond motifs is 1. The van der Waals surface area contributed by atoms with Crippen molar-refractivity contribution in [2.75, 3.05) is 18.4 Å². The van der Waals surface area contributed by atoms with Crippen LogP contribution in [0.1, 0.15) is 39.5 Å². The average Bonchev–Trinajstić information content (AvgIpc) is 3.15. The molecule has 3 rings (SSSR count). The second-order valence-electron chi connectivity index (χ2n) is 7.22. The number of rotatable bonds is 5. The molecule has 136 valence electrons. The lowest BCUT2D eigenvalue weighted by Crippen LogP contribution is -2.38. The van der Waals surface area contributed by atoms with E-state index >= 15 is 0 Å². The van der Waals surface area contributed by atoms with Gasteiger partial charge in [0, 0.05) is 18.8 Å². The highest BCUT2D eigenvalue weighted by atomic mass is 16.5. The molecule has 1 saturated heterocycles. The molecule has 2 fully saturated rings. The quantitative estimate of drug-likeness (QED) is 0.854. The van der Waals surface area contributed by atoms with E-state index in [2.05, 4.69) is 12.2 Å². The predicted molar refractivity (Wildman–Crippen MR) is 94.8 cm³/mol. The molecular weight excluding hydrogens is 320 g/mol. The minimum Gasteiger partial charge on any atom is -0.491 e. The fraction of sp³-hybridized carbons (Fsp3) is 0.579. The number of benzene rings is 1. The third kappa shape index (κ3) is 3.43. The van der Waals surface area contributed by atoms with Crippen molar-refractivity contribution < 1.29 is 19.4 Å². The van der Waals surface area contributed by atoms with Crippen molar-refractivity contribution in [3.05, 3.63) is 24.3 Å².